The van der Waals surface area contributed by atoms with E-state index >= 15 is 0 Å². The van der Waals surface area contributed by atoms with Crippen molar-refractivity contribution < 1.29 is 14.2 Å². The van der Waals surface area contributed by atoms with E-state index < -0.39 is 0 Å². The summed E-state index contributed by atoms with van der Waals surface area (Å²) < 4.78 is 16.5. The molecule has 134 valence electrons. The van der Waals surface area contributed by atoms with Crippen molar-refractivity contribution in [3.05, 3.63) is 54.4 Å². The molecule has 1 aromatic heterocycles. The first-order chi connectivity index (χ1) is 12.6. The van der Waals surface area contributed by atoms with Crippen LogP contribution in [0.5, 0.6) is 23.1 Å². The average Bonchev–Trinajstić information content (AvgIpc) is 2.65. The van der Waals surface area contributed by atoms with Crippen LogP contribution in [0.1, 0.15) is 5.56 Å². The topological polar surface area (TPSA) is 91.5 Å². The highest BCUT2D eigenvalue weighted by Crippen LogP contribution is 2.36. The fraction of sp³-hybridized carbons (Fsp3) is 0.158. The van der Waals surface area contributed by atoms with E-state index in [1.165, 1.54) is 6.33 Å². The third-order valence-corrected chi connectivity index (χ3v) is 3.73. The fourth-order valence-corrected chi connectivity index (χ4v) is 2.41. The summed E-state index contributed by atoms with van der Waals surface area (Å²) >= 11 is 0. The molecule has 0 unspecified atom stereocenters. The maximum Gasteiger partial charge on any atom is 0.248 e. The third-order valence-electron chi connectivity index (χ3n) is 3.73. The lowest BCUT2D eigenvalue weighted by Crippen LogP contribution is -2.04. The molecule has 0 spiro atoms. The Bertz CT molecular complexity index is 915. The van der Waals surface area contributed by atoms with E-state index in [1.807, 2.05) is 37.3 Å². The van der Waals surface area contributed by atoms with Crippen LogP contribution in [-0.4, -0.2) is 24.2 Å². The molecular weight excluding hydrogens is 332 g/mol. The highest BCUT2D eigenvalue weighted by molar-refractivity contribution is 5.75. The van der Waals surface area contributed by atoms with Crippen LogP contribution in [0, 0.1) is 6.92 Å². The normalized spacial score (nSPS) is 10.3. The molecule has 0 aliphatic heterocycles. The molecule has 3 aromatic rings. The molecule has 1 heterocycles. The molecule has 3 N–H and O–H groups in total. The Hall–Kier alpha value is -3.48. The third kappa shape index (κ3) is 3.61. The Labute approximate surface area is 151 Å². The molecule has 0 saturated heterocycles. The van der Waals surface area contributed by atoms with Gasteiger partial charge in [-0.2, -0.15) is 4.98 Å². The number of nitrogens with zero attached hydrogens (tertiary/aromatic N) is 2. The molecule has 0 aliphatic rings. The number of nitrogen functional groups attached to an aromatic ring is 1. The minimum Gasteiger partial charge on any atom is -0.495 e. The summed E-state index contributed by atoms with van der Waals surface area (Å²) in [4.78, 5) is 8.34. The number of methoxy groups -OCH3 is 2. The van der Waals surface area contributed by atoms with Gasteiger partial charge in [0.1, 0.15) is 17.8 Å². The summed E-state index contributed by atoms with van der Waals surface area (Å²) in [5.41, 5.74) is 8.31. The Morgan fingerprint density at radius 1 is 0.923 bits per heavy atom. The van der Waals surface area contributed by atoms with Crippen LogP contribution in [-0.2, 0) is 0 Å². The summed E-state index contributed by atoms with van der Waals surface area (Å²) in [7, 11) is 3.18. The standard InChI is InChI=1S/C19H20N4O3/c1-12-8-9-14(24-2)13(10-12)23-18-17(20)19(22-11-21-18)26-16-7-5-4-6-15(16)25-3/h4-11H,20H2,1-3H3,(H,21,22,23). The second-order valence-corrected chi connectivity index (χ2v) is 5.52. The lowest BCUT2D eigenvalue weighted by molar-refractivity contribution is 0.374. The van der Waals surface area contributed by atoms with Gasteiger partial charge in [-0.15, -0.1) is 0 Å². The molecule has 0 amide bonds. The average molecular weight is 352 g/mol. The van der Waals surface area contributed by atoms with Gasteiger partial charge in [-0.1, -0.05) is 18.2 Å². The number of ether oxygens (including phenoxy) is 3. The number of rotatable bonds is 6. The molecule has 2 aromatic carbocycles. The maximum absolute atomic E-state index is 6.21. The number of nitrogens with one attached hydrogen (secondary N) is 1. The predicted octanol–water partition coefficient (Wildman–Crippen LogP) is 3.92. The largest absolute Gasteiger partial charge is 0.495 e. The summed E-state index contributed by atoms with van der Waals surface area (Å²) in [5, 5.41) is 3.17. The van der Waals surface area contributed by atoms with E-state index in [0.717, 1.165) is 11.3 Å². The lowest BCUT2D eigenvalue weighted by Gasteiger charge is -2.15. The van der Waals surface area contributed by atoms with Gasteiger partial charge in [-0.25, -0.2) is 4.98 Å². The van der Waals surface area contributed by atoms with Crippen LogP contribution < -0.4 is 25.3 Å². The van der Waals surface area contributed by atoms with Crippen molar-refractivity contribution in [3.8, 4) is 23.1 Å². The van der Waals surface area contributed by atoms with Crippen molar-refractivity contribution in [2.24, 2.45) is 0 Å². The van der Waals surface area contributed by atoms with Crippen molar-refractivity contribution in [1.82, 2.24) is 9.97 Å². The minimum atomic E-state index is 0.235. The quantitative estimate of drug-likeness (QED) is 0.694. The monoisotopic (exact) mass is 352 g/mol. The zero-order valence-corrected chi connectivity index (χ0v) is 14.8. The lowest BCUT2D eigenvalue weighted by atomic mass is 10.2. The summed E-state index contributed by atoms with van der Waals surface area (Å²) in [6.07, 6.45) is 1.38. The van der Waals surface area contributed by atoms with Crippen LogP contribution in [0.25, 0.3) is 0 Å². The van der Waals surface area contributed by atoms with Crippen molar-refractivity contribution in [2.75, 3.05) is 25.3 Å². The molecule has 0 bridgehead atoms. The number of aromatic nitrogens is 2. The number of benzene rings is 2. The zero-order chi connectivity index (χ0) is 18.5. The molecule has 0 fully saturated rings. The summed E-state index contributed by atoms with van der Waals surface area (Å²) in [6, 6.07) is 13.0. The van der Waals surface area contributed by atoms with Gasteiger partial charge in [0.05, 0.1) is 19.9 Å². The SMILES string of the molecule is COc1ccc(C)cc1Nc1ncnc(Oc2ccccc2OC)c1N. The molecule has 0 saturated carbocycles. The van der Waals surface area contributed by atoms with Gasteiger partial charge in [0.15, 0.2) is 17.3 Å². The first kappa shape index (κ1) is 17.3. The number of hydrogen-bond acceptors (Lipinski definition) is 7. The van der Waals surface area contributed by atoms with Crippen LogP contribution in [0.2, 0.25) is 0 Å². The highest BCUT2D eigenvalue weighted by Gasteiger charge is 2.14. The van der Waals surface area contributed by atoms with Gasteiger partial charge in [0, 0.05) is 0 Å². The van der Waals surface area contributed by atoms with Crippen molar-refractivity contribution in [3.63, 3.8) is 0 Å². The van der Waals surface area contributed by atoms with E-state index in [1.54, 1.807) is 26.4 Å². The molecule has 0 aliphatic carbocycles. The summed E-state index contributed by atoms with van der Waals surface area (Å²) in [6.45, 7) is 1.99. The number of aryl methyl sites for hydroxylation is 1. The molecule has 0 radical (unpaired) electrons. The second-order valence-electron chi connectivity index (χ2n) is 5.52. The molecule has 7 heteroatoms. The van der Waals surface area contributed by atoms with Crippen molar-refractivity contribution in [1.29, 1.82) is 0 Å². The zero-order valence-electron chi connectivity index (χ0n) is 14.8. The smallest absolute Gasteiger partial charge is 0.248 e. The van der Waals surface area contributed by atoms with Gasteiger partial charge in [0.25, 0.3) is 0 Å². The molecule has 3 rings (SSSR count). The molecule has 7 nitrogen and oxygen atoms in total. The molecule has 0 atom stereocenters. The highest BCUT2D eigenvalue weighted by atomic mass is 16.5. The van der Waals surface area contributed by atoms with E-state index in [-0.39, 0.29) is 11.6 Å². The molecule has 26 heavy (non-hydrogen) atoms. The van der Waals surface area contributed by atoms with Gasteiger partial charge in [0.2, 0.25) is 5.88 Å². The minimum absolute atomic E-state index is 0.235. The maximum atomic E-state index is 6.21. The number of nitrogens with two attached hydrogens (primary N) is 1. The van der Waals surface area contributed by atoms with E-state index in [4.69, 9.17) is 19.9 Å². The molecular formula is C19H20N4O3. The Morgan fingerprint density at radius 2 is 1.65 bits per heavy atom. The fourth-order valence-electron chi connectivity index (χ4n) is 2.41. The second kappa shape index (κ2) is 7.60. The van der Waals surface area contributed by atoms with Crippen molar-refractivity contribution >= 4 is 17.2 Å². The van der Waals surface area contributed by atoms with E-state index in [9.17, 15) is 0 Å². The van der Waals surface area contributed by atoms with Gasteiger partial charge < -0.3 is 25.3 Å². The van der Waals surface area contributed by atoms with E-state index in [0.29, 0.717) is 23.1 Å². The Morgan fingerprint density at radius 3 is 2.38 bits per heavy atom. The van der Waals surface area contributed by atoms with Crippen LogP contribution >= 0.6 is 0 Å². The first-order valence-electron chi connectivity index (χ1n) is 7.95. The van der Waals surface area contributed by atoms with E-state index in [2.05, 4.69) is 15.3 Å². The van der Waals surface area contributed by atoms with Crippen molar-refractivity contribution in [2.45, 2.75) is 6.92 Å². The Balaban J connectivity index is 1.92. The van der Waals surface area contributed by atoms with Crippen LogP contribution in [0.4, 0.5) is 17.2 Å². The number of para-hydroxylation sites is 2. The first-order valence-corrected chi connectivity index (χ1v) is 7.95. The predicted molar refractivity (Wildman–Crippen MR) is 101 cm³/mol. The van der Waals surface area contributed by atoms with Crippen LogP contribution in [0.15, 0.2) is 48.8 Å². The van der Waals surface area contributed by atoms with Gasteiger partial charge in [-0.3, -0.25) is 0 Å². The number of hydrogen-bond donors (Lipinski definition) is 2. The van der Waals surface area contributed by atoms with Gasteiger partial charge >= 0.3 is 0 Å². The summed E-state index contributed by atoms with van der Waals surface area (Å²) in [5.74, 6) is 2.44. The van der Waals surface area contributed by atoms with Crippen LogP contribution in [0.3, 0.4) is 0 Å². The Kier molecular flexibility index (Phi) is 5.07. The van der Waals surface area contributed by atoms with Gasteiger partial charge in [-0.05, 0) is 36.8 Å². The number of anilines is 3.